The van der Waals surface area contributed by atoms with Crippen LogP contribution in [0.25, 0.3) is 10.8 Å². The summed E-state index contributed by atoms with van der Waals surface area (Å²) in [7, 11) is 0. The molecule has 0 aliphatic rings. The number of thiophene rings is 1. The van der Waals surface area contributed by atoms with Gasteiger partial charge >= 0.3 is 0 Å². The first-order valence-electron chi connectivity index (χ1n) is 5.02. The van der Waals surface area contributed by atoms with Gasteiger partial charge in [-0.3, -0.25) is 0 Å². The van der Waals surface area contributed by atoms with E-state index in [4.69, 9.17) is 16.0 Å². The maximum atomic E-state index is 5.99. The van der Waals surface area contributed by atoms with E-state index in [1.54, 1.807) is 0 Å². The Kier molecular flexibility index (Phi) is 3.58. The second-order valence-electron chi connectivity index (χ2n) is 3.32. The third-order valence-corrected chi connectivity index (χ3v) is 3.46. The Bertz CT molecular complexity index is 468. The van der Waals surface area contributed by atoms with Crippen LogP contribution >= 0.6 is 22.9 Å². The minimum atomic E-state index is 0.0602. The van der Waals surface area contributed by atoms with Crippen LogP contribution in [0, 0.1) is 0 Å². The summed E-state index contributed by atoms with van der Waals surface area (Å²) in [6.45, 7) is 4.87. The molecule has 0 aliphatic carbocycles. The molecule has 0 fully saturated rings. The molecular formula is C10H12ClN3OS. The highest BCUT2D eigenvalue weighted by Gasteiger charge is 2.16. The summed E-state index contributed by atoms with van der Waals surface area (Å²) in [6.07, 6.45) is 0. The van der Waals surface area contributed by atoms with Crippen molar-refractivity contribution in [3.05, 3.63) is 22.4 Å². The van der Waals surface area contributed by atoms with E-state index in [1.807, 2.05) is 25.3 Å². The van der Waals surface area contributed by atoms with E-state index in [0.717, 1.165) is 11.4 Å². The third kappa shape index (κ3) is 2.26. The second kappa shape index (κ2) is 4.95. The molecule has 2 rings (SSSR count). The van der Waals surface area contributed by atoms with Crippen LogP contribution in [0.1, 0.15) is 25.8 Å². The highest BCUT2D eigenvalue weighted by atomic mass is 35.5. The standard InChI is InChI=1S/C10H12ClN3OS/c1-3-12-6(2)9-13-14-10(15-9)8-7(11)4-5-16-8/h4-6,12H,3H2,1-2H3. The molecule has 2 aromatic rings. The van der Waals surface area contributed by atoms with Crippen LogP contribution in [0.4, 0.5) is 0 Å². The average molecular weight is 258 g/mol. The maximum absolute atomic E-state index is 5.99. The summed E-state index contributed by atoms with van der Waals surface area (Å²) in [5, 5.41) is 13.7. The molecule has 0 amide bonds. The number of hydrogen-bond donors (Lipinski definition) is 1. The molecular weight excluding hydrogens is 246 g/mol. The largest absolute Gasteiger partial charge is 0.418 e. The highest BCUT2D eigenvalue weighted by molar-refractivity contribution is 7.14. The molecule has 0 saturated carbocycles. The monoisotopic (exact) mass is 257 g/mol. The number of aromatic nitrogens is 2. The Balaban J connectivity index is 2.23. The summed E-state index contributed by atoms with van der Waals surface area (Å²) < 4.78 is 5.56. The zero-order valence-electron chi connectivity index (χ0n) is 9.03. The number of hydrogen-bond acceptors (Lipinski definition) is 5. The molecule has 16 heavy (non-hydrogen) atoms. The first-order valence-corrected chi connectivity index (χ1v) is 6.28. The van der Waals surface area contributed by atoms with Crippen molar-refractivity contribution < 1.29 is 4.42 Å². The van der Waals surface area contributed by atoms with E-state index in [0.29, 0.717) is 16.8 Å². The fraction of sp³-hybridized carbons (Fsp3) is 0.400. The number of nitrogens with one attached hydrogen (secondary N) is 1. The summed E-state index contributed by atoms with van der Waals surface area (Å²) >= 11 is 7.48. The average Bonchev–Trinajstić information content (AvgIpc) is 2.86. The molecule has 0 spiro atoms. The summed E-state index contributed by atoms with van der Waals surface area (Å²) in [5.41, 5.74) is 0. The fourth-order valence-electron chi connectivity index (χ4n) is 1.34. The predicted octanol–water partition coefficient (Wildman–Crippen LogP) is 3.12. The Morgan fingerprint density at radius 2 is 2.38 bits per heavy atom. The van der Waals surface area contributed by atoms with Crippen LogP contribution in [-0.4, -0.2) is 16.7 Å². The molecule has 0 aliphatic heterocycles. The quantitative estimate of drug-likeness (QED) is 0.914. The Hall–Kier alpha value is -0.910. The normalized spacial score (nSPS) is 12.9. The molecule has 0 bridgehead atoms. The molecule has 0 aromatic carbocycles. The van der Waals surface area contributed by atoms with Gasteiger partial charge < -0.3 is 9.73 Å². The topological polar surface area (TPSA) is 51.0 Å². The van der Waals surface area contributed by atoms with Gasteiger partial charge in [0.25, 0.3) is 5.89 Å². The van der Waals surface area contributed by atoms with E-state index in [9.17, 15) is 0 Å². The van der Waals surface area contributed by atoms with Crippen molar-refractivity contribution in [3.63, 3.8) is 0 Å². The van der Waals surface area contributed by atoms with Gasteiger partial charge in [-0.2, -0.15) is 0 Å². The SMILES string of the molecule is CCNC(C)c1nnc(-c2sccc2Cl)o1. The van der Waals surface area contributed by atoms with Crippen molar-refractivity contribution in [2.45, 2.75) is 19.9 Å². The lowest BCUT2D eigenvalue weighted by molar-refractivity contribution is 0.429. The molecule has 86 valence electrons. The molecule has 4 nitrogen and oxygen atoms in total. The summed E-state index contributed by atoms with van der Waals surface area (Å²) in [5.74, 6) is 1.07. The smallest absolute Gasteiger partial charge is 0.259 e. The van der Waals surface area contributed by atoms with Crippen LogP contribution in [0.2, 0.25) is 5.02 Å². The zero-order chi connectivity index (χ0) is 11.5. The maximum Gasteiger partial charge on any atom is 0.259 e. The minimum Gasteiger partial charge on any atom is -0.418 e. The minimum absolute atomic E-state index is 0.0602. The van der Waals surface area contributed by atoms with Crippen molar-refractivity contribution in [1.29, 1.82) is 0 Å². The molecule has 6 heteroatoms. The highest BCUT2D eigenvalue weighted by Crippen LogP contribution is 2.32. The van der Waals surface area contributed by atoms with E-state index in [2.05, 4.69) is 15.5 Å². The third-order valence-electron chi connectivity index (χ3n) is 2.13. The van der Waals surface area contributed by atoms with Crippen molar-refractivity contribution >= 4 is 22.9 Å². The second-order valence-corrected chi connectivity index (χ2v) is 4.65. The lowest BCUT2D eigenvalue weighted by Crippen LogP contribution is -2.17. The Labute approximate surface area is 103 Å². The van der Waals surface area contributed by atoms with Gasteiger partial charge in [-0.25, -0.2) is 0 Å². The molecule has 1 unspecified atom stereocenters. The van der Waals surface area contributed by atoms with Gasteiger partial charge in [0.15, 0.2) is 0 Å². The fourth-order valence-corrected chi connectivity index (χ4v) is 2.40. The van der Waals surface area contributed by atoms with Gasteiger partial charge in [0.2, 0.25) is 5.89 Å². The molecule has 2 aromatic heterocycles. The summed E-state index contributed by atoms with van der Waals surface area (Å²) in [4.78, 5) is 0.823. The van der Waals surface area contributed by atoms with E-state index >= 15 is 0 Å². The zero-order valence-corrected chi connectivity index (χ0v) is 10.6. The molecule has 0 radical (unpaired) electrons. The molecule has 1 atom stereocenters. The van der Waals surface area contributed by atoms with Gasteiger partial charge in [0.1, 0.15) is 4.88 Å². The molecule has 0 saturated heterocycles. The van der Waals surface area contributed by atoms with E-state index in [1.165, 1.54) is 11.3 Å². The number of halogens is 1. The molecule has 2 heterocycles. The van der Waals surface area contributed by atoms with Crippen molar-refractivity contribution in [2.24, 2.45) is 0 Å². The van der Waals surface area contributed by atoms with Crippen LogP contribution in [0.5, 0.6) is 0 Å². The van der Waals surface area contributed by atoms with Crippen molar-refractivity contribution in [3.8, 4) is 10.8 Å². The predicted molar refractivity (Wildman–Crippen MR) is 64.7 cm³/mol. The van der Waals surface area contributed by atoms with Gasteiger partial charge in [0, 0.05) is 0 Å². The first kappa shape index (κ1) is 11.6. The Morgan fingerprint density at radius 1 is 1.56 bits per heavy atom. The van der Waals surface area contributed by atoms with Gasteiger partial charge in [-0.1, -0.05) is 18.5 Å². The van der Waals surface area contributed by atoms with E-state index < -0.39 is 0 Å². The van der Waals surface area contributed by atoms with Crippen molar-refractivity contribution in [2.75, 3.05) is 6.54 Å². The van der Waals surface area contributed by atoms with Crippen LogP contribution < -0.4 is 5.32 Å². The van der Waals surface area contributed by atoms with Gasteiger partial charge in [0.05, 0.1) is 11.1 Å². The van der Waals surface area contributed by atoms with E-state index in [-0.39, 0.29) is 6.04 Å². The van der Waals surface area contributed by atoms with Gasteiger partial charge in [-0.05, 0) is 24.9 Å². The lowest BCUT2D eigenvalue weighted by Gasteiger charge is -2.05. The molecule has 1 N–H and O–H groups in total. The lowest BCUT2D eigenvalue weighted by atomic mass is 10.3. The summed E-state index contributed by atoms with van der Waals surface area (Å²) in [6, 6.07) is 1.88. The first-order chi connectivity index (χ1) is 7.72. The van der Waals surface area contributed by atoms with Crippen LogP contribution in [0.3, 0.4) is 0 Å². The Morgan fingerprint density at radius 3 is 3.00 bits per heavy atom. The van der Waals surface area contributed by atoms with Crippen LogP contribution in [-0.2, 0) is 0 Å². The van der Waals surface area contributed by atoms with Gasteiger partial charge in [-0.15, -0.1) is 21.5 Å². The van der Waals surface area contributed by atoms with Crippen molar-refractivity contribution in [1.82, 2.24) is 15.5 Å². The van der Waals surface area contributed by atoms with Crippen LogP contribution in [0.15, 0.2) is 15.9 Å². The number of rotatable bonds is 4. The number of nitrogens with zero attached hydrogens (tertiary/aromatic N) is 2.